The van der Waals surface area contributed by atoms with Crippen molar-refractivity contribution in [1.29, 1.82) is 0 Å². The first-order valence-corrected chi connectivity index (χ1v) is 8.48. The van der Waals surface area contributed by atoms with Crippen molar-refractivity contribution < 1.29 is 19.1 Å². The zero-order valence-corrected chi connectivity index (χ0v) is 14.4. The maximum Gasteiger partial charge on any atom is 0.339 e. The average molecular weight is 371 g/mol. The second-order valence-corrected chi connectivity index (χ2v) is 6.39. The standard InChI is InChI=1S/C19H15ClN2O4/c20-16-15(19(24)25)13-11-21(18(23)14-7-4-10-26-14)8-9-22(13)17(16)12-5-2-1-3-6-12/h1-7,10H,8-9,11H2,(H,24,25). The summed E-state index contributed by atoms with van der Waals surface area (Å²) in [7, 11) is 0. The zero-order valence-electron chi connectivity index (χ0n) is 13.7. The number of fused-ring (bicyclic) bond motifs is 1. The Hall–Kier alpha value is -2.99. The van der Waals surface area contributed by atoms with Gasteiger partial charge >= 0.3 is 5.97 Å². The number of hydrogen-bond donors (Lipinski definition) is 1. The fourth-order valence-electron chi connectivity index (χ4n) is 3.35. The van der Waals surface area contributed by atoms with Crippen LogP contribution in [0.3, 0.4) is 0 Å². The van der Waals surface area contributed by atoms with Crippen LogP contribution in [0.4, 0.5) is 0 Å². The number of carbonyl (C=O) groups is 2. The lowest BCUT2D eigenvalue weighted by atomic mass is 10.1. The van der Waals surface area contributed by atoms with Crippen LogP contribution in [0.2, 0.25) is 5.02 Å². The Balaban J connectivity index is 1.79. The van der Waals surface area contributed by atoms with E-state index in [-0.39, 0.29) is 28.8 Å². The fourth-order valence-corrected chi connectivity index (χ4v) is 3.75. The molecule has 0 fully saturated rings. The molecule has 1 N–H and O–H groups in total. The minimum atomic E-state index is -1.10. The van der Waals surface area contributed by atoms with E-state index < -0.39 is 5.97 Å². The first-order chi connectivity index (χ1) is 12.6. The normalized spacial score (nSPS) is 13.5. The predicted molar refractivity (Wildman–Crippen MR) is 95.3 cm³/mol. The Morgan fingerprint density at radius 1 is 1.08 bits per heavy atom. The number of rotatable bonds is 3. The average Bonchev–Trinajstić information content (AvgIpc) is 3.26. The van der Waals surface area contributed by atoms with E-state index in [1.165, 1.54) is 6.26 Å². The van der Waals surface area contributed by atoms with E-state index in [0.717, 1.165) is 5.56 Å². The third-order valence-electron chi connectivity index (χ3n) is 4.53. The lowest BCUT2D eigenvalue weighted by Crippen LogP contribution is -2.38. The third kappa shape index (κ3) is 2.59. The summed E-state index contributed by atoms with van der Waals surface area (Å²) in [6, 6.07) is 12.7. The van der Waals surface area contributed by atoms with Gasteiger partial charge in [-0.3, -0.25) is 4.79 Å². The minimum Gasteiger partial charge on any atom is -0.478 e. The monoisotopic (exact) mass is 370 g/mol. The molecule has 0 bridgehead atoms. The molecule has 7 heteroatoms. The van der Waals surface area contributed by atoms with Gasteiger partial charge < -0.3 is 19.0 Å². The molecule has 0 atom stereocenters. The second kappa shape index (κ2) is 6.38. The van der Waals surface area contributed by atoms with Crippen LogP contribution in [0.25, 0.3) is 11.3 Å². The molecule has 0 unspecified atom stereocenters. The van der Waals surface area contributed by atoms with Crippen LogP contribution in [-0.4, -0.2) is 33.0 Å². The summed E-state index contributed by atoms with van der Waals surface area (Å²) in [5.74, 6) is -1.14. The summed E-state index contributed by atoms with van der Waals surface area (Å²) in [6.07, 6.45) is 1.44. The van der Waals surface area contributed by atoms with Gasteiger partial charge in [0.1, 0.15) is 5.56 Å². The molecule has 6 nitrogen and oxygen atoms in total. The van der Waals surface area contributed by atoms with Crippen LogP contribution in [0, 0.1) is 0 Å². The van der Waals surface area contributed by atoms with Gasteiger partial charge in [0.05, 0.1) is 29.2 Å². The number of carboxylic acid groups (broad SMARTS) is 1. The Morgan fingerprint density at radius 3 is 2.50 bits per heavy atom. The number of benzene rings is 1. The summed E-state index contributed by atoms with van der Waals surface area (Å²) in [5.41, 5.74) is 2.08. The molecule has 1 amide bonds. The first kappa shape index (κ1) is 16.5. The van der Waals surface area contributed by atoms with Crippen molar-refractivity contribution in [3.05, 3.63) is 70.8 Å². The molecule has 0 aliphatic carbocycles. The van der Waals surface area contributed by atoms with Crippen LogP contribution in [-0.2, 0) is 13.1 Å². The van der Waals surface area contributed by atoms with Crippen LogP contribution >= 0.6 is 11.6 Å². The zero-order chi connectivity index (χ0) is 18.3. The van der Waals surface area contributed by atoms with Crippen molar-refractivity contribution in [2.24, 2.45) is 0 Å². The van der Waals surface area contributed by atoms with Gasteiger partial charge in [-0.1, -0.05) is 41.9 Å². The van der Waals surface area contributed by atoms with Crippen LogP contribution in [0.5, 0.6) is 0 Å². The molecule has 0 saturated carbocycles. The van der Waals surface area contributed by atoms with Crippen molar-refractivity contribution in [2.45, 2.75) is 13.1 Å². The SMILES string of the molecule is O=C(O)c1c(Cl)c(-c2ccccc2)n2c1CN(C(=O)c1ccco1)CC2. The summed E-state index contributed by atoms with van der Waals surface area (Å²) in [6.45, 7) is 1.06. The number of furan rings is 1. The highest BCUT2D eigenvalue weighted by Gasteiger charge is 2.32. The molecule has 3 aromatic rings. The number of carboxylic acids is 1. The molecule has 2 aromatic heterocycles. The highest BCUT2D eigenvalue weighted by Crippen LogP contribution is 2.38. The molecule has 1 aliphatic heterocycles. The number of halogens is 1. The minimum absolute atomic E-state index is 0.0439. The van der Waals surface area contributed by atoms with Crippen molar-refractivity contribution >= 4 is 23.5 Å². The quantitative estimate of drug-likeness (QED) is 0.761. The van der Waals surface area contributed by atoms with Gasteiger partial charge in [0.25, 0.3) is 5.91 Å². The summed E-state index contributed by atoms with van der Waals surface area (Å²) < 4.78 is 7.07. The highest BCUT2D eigenvalue weighted by atomic mass is 35.5. The smallest absolute Gasteiger partial charge is 0.339 e. The van der Waals surface area contributed by atoms with E-state index in [1.54, 1.807) is 17.0 Å². The van der Waals surface area contributed by atoms with Gasteiger partial charge in [0.15, 0.2) is 5.76 Å². The fraction of sp³-hybridized carbons (Fsp3) is 0.158. The molecular weight excluding hydrogens is 356 g/mol. The molecule has 1 aromatic carbocycles. The van der Waals surface area contributed by atoms with E-state index in [1.807, 2.05) is 34.9 Å². The van der Waals surface area contributed by atoms with Crippen molar-refractivity contribution in [2.75, 3.05) is 6.54 Å². The molecule has 4 rings (SSSR count). The van der Waals surface area contributed by atoms with Crippen LogP contribution in [0.15, 0.2) is 53.1 Å². The molecule has 3 heterocycles. The number of aromatic nitrogens is 1. The van der Waals surface area contributed by atoms with Gasteiger partial charge in [0.2, 0.25) is 0 Å². The van der Waals surface area contributed by atoms with Gasteiger partial charge in [-0.2, -0.15) is 0 Å². The first-order valence-electron chi connectivity index (χ1n) is 8.10. The molecule has 0 radical (unpaired) electrons. The van der Waals surface area contributed by atoms with Gasteiger partial charge in [0, 0.05) is 13.1 Å². The maximum atomic E-state index is 12.6. The number of nitrogens with zero attached hydrogens (tertiary/aromatic N) is 2. The Labute approximate surface area is 154 Å². The van der Waals surface area contributed by atoms with Crippen LogP contribution in [0.1, 0.15) is 26.6 Å². The van der Waals surface area contributed by atoms with E-state index in [9.17, 15) is 14.7 Å². The van der Waals surface area contributed by atoms with Crippen molar-refractivity contribution in [3.8, 4) is 11.3 Å². The highest BCUT2D eigenvalue weighted by molar-refractivity contribution is 6.36. The molecule has 132 valence electrons. The van der Waals surface area contributed by atoms with Crippen molar-refractivity contribution in [1.82, 2.24) is 9.47 Å². The largest absolute Gasteiger partial charge is 0.478 e. The Morgan fingerprint density at radius 2 is 1.85 bits per heavy atom. The van der Waals surface area contributed by atoms with Gasteiger partial charge in [-0.15, -0.1) is 0 Å². The molecular formula is C19H15ClN2O4. The lowest BCUT2D eigenvalue weighted by molar-refractivity contribution is 0.0652. The van der Waals surface area contributed by atoms with Crippen molar-refractivity contribution in [3.63, 3.8) is 0 Å². The van der Waals surface area contributed by atoms with E-state index in [4.69, 9.17) is 16.0 Å². The lowest BCUT2D eigenvalue weighted by Gasteiger charge is -2.29. The molecule has 0 saturated heterocycles. The van der Waals surface area contributed by atoms with E-state index in [2.05, 4.69) is 0 Å². The number of hydrogen-bond acceptors (Lipinski definition) is 3. The van der Waals surface area contributed by atoms with E-state index in [0.29, 0.717) is 24.5 Å². The predicted octanol–water partition coefficient (Wildman–Crippen LogP) is 3.76. The molecule has 26 heavy (non-hydrogen) atoms. The topological polar surface area (TPSA) is 75.7 Å². The number of aromatic carboxylic acids is 1. The molecule has 1 aliphatic rings. The third-order valence-corrected chi connectivity index (χ3v) is 4.89. The summed E-state index contributed by atoms with van der Waals surface area (Å²) >= 11 is 6.45. The Bertz CT molecular complexity index is 977. The van der Waals surface area contributed by atoms with Gasteiger partial charge in [-0.25, -0.2) is 4.79 Å². The second-order valence-electron chi connectivity index (χ2n) is 6.01. The van der Waals surface area contributed by atoms with Crippen LogP contribution < -0.4 is 0 Å². The van der Waals surface area contributed by atoms with Gasteiger partial charge in [-0.05, 0) is 17.7 Å². The number of carbonyl (C=O) groups excluding carboxylic acids is 1. The molecule has 0 spiro atoms. The number of amides is 1. The van der Waals surface area contributed by atoms with E-state index >= 15 is 0 Å². The maximum absolute atomic E-state index is 12.6. The summed E-state index contributed by atoms with van der Waals surface area (Å²) in [4.78, 5) is 26.0. The summed E-state index contributed by atoms with van der Waals surface area (Å²) in [5, 5.41) is 9.87. The Kier molecular flexibility index (Phi) is 4.05.